The first-order chi connectivity index (χ1) is 23.4. The summed E-state index contributed by atoms with van der Waals surface area (Å²) in [6.07, 6.45) is 26.6. The number of amides is 1. The van der Waals surface area contributed by atoms with Crippen LogP contribution in [0.2, 0.25) is 0 Å². The van der Waals surface area contributed by atoms with Gasteiger partial charge in [-0.2, -0.15) is 0 Å². The molecule has 8 heteroatoms. The Morgan fingerprint density at radius 1 is 0.604 bits per heavy atom. The Morgan fingerprint density at radius 3 is 1.71 bits per heavy atom. The summed E-state index contributed by atoms with van der Waals surface area (Å²) in [5.41, 5.74) is 0. The van der Waals surface area contributed by atoms with Crippen molar-refractivity contribution < 1.29 is 23.9 Å². The van der Waals surface area contributed by atoms with Gasteiger partial charge in [0.25, 0.3) is 5.24 Å². The van der Waals surface area contributed by atoms with E-state index >= 15 is 0 Å². The van der Waals surface area contributed by atoms with Crippen LogP contribution in [0.3, 0.4) is 0 Å². The van der Waals surface area contributed by atoms with E-state index in [9.17, 15) is 14.4 Å². The van der Waals surface area contributed by atoms with Crippen molar-refractivity contribution in [3.05, 3.63) is 12.2 Å². The summed E-state index contributed by atoms with van der Waals surface area (Å²) in [5.74, 6) is 0.381. The molecule has 0 aliphatic rings. The molecule has 0 unspecified atom stereocenters. The predicted octanol–water partition coefficient (Wildman–Crippen LogP) is 11.1. The molecule has 0 saturated heterocycles. The van der Waals surface area contributed by atoms with Gasteiger partial charge in [-0.15, -0.1) is 0 Å². The van der Waals surface area contributed by atoms with Gasteiger partial charge in [-0.25, -0.2) is 0 Å². The molecule has 0 aromatic heterocycles. The molecule has 0 aromatic rings. The molecule has 1 amide bonds. The maximum absolute atomic E-state index is 13.2. The zero-order valence-corrected chi connectivity index (χ0v) is 32.9. The van der Waals surface area contributed by atoms with Crippen LogP contribution < -0.4 is 0 Å². The maximum Gasteiger partial charge on any atom is 0.306 e. The van der Waals surface area contributed by atoms with Crippen molar-refractivity contribution in [2.45, 2.75) is 182 Å². The Bertz CT molecular complexity index is 776. The minimum absolute atomic E-state index is 0.00164. The first kappa shape index (κ1) is 46.5. The van der Waals surface area contributed by atoms with Crippen LogP contribution in [0, 0.1) is 0 Å². The van der Waals surface area contributed by atoms with Crippen molar-refractivity contribution in [1.82, 2.24) is 9.80 Å². The Balaban J connectivity index is 4.86. The van der Waals surface area contributed by atoms with Gasteiger partial charge in [0.15, 0.2) is 0 Å². The number of carbonyl (C=O) groups excluding carboxylic acids is 3. The number of hydrogen-bond acceptors (Lipinski definition) is 7. The molecule has 0 aromatic carbocycles. The smallest absolute Gasteiger partial charge is 0.306 e. The first-order valence-corrected chi connectivity index (χ1v) is 21.0. The highest BCUT2D eigenvalue weighted by Crippen LogP contribution is 2.18. The Labute approximate surface area is 301 Å². The van der Waals surface area contributed by atoms with Crippen molar-refractivity contribution in [3.63, 3.8) is 0 Å². The predicted molar refractivity (Wildman–Crippen MR) is 206 cm³/mol. The summed E-state index contributed by atoms with van der Waals surface area (Å²) in [5, 5.41) is 0.0272. The number of rotatable bonds is 34. The van der Waals surface area contributed by atoms with Crippen molar-refractivity contribution >= 4 is 28.9 Å². The molecule has 0 bridgehead atoms. The van der Waals surface area contributed by atoms with Gasteiger partial charge in [-0.05, 0) is 77.4 Å². The van der Waals surface area contributed by atoms with Crippen molar-refractivity contribution in [2.24, 2.45) is 0 Å². The van der Waals surface area contributed by atoms with Gasteiger partial charge >= 0.3 is 11.9 Å². The van der Waals surface area contributed by atoms with Gasteiger partial charge in [-0.1, -0.05) is 129 Å². The minimum atomic E-state index is -0.232. The molecule has 0 aliphatic carbocycles. The molecule has 0 atom stereocenters. The Morgan fingerprint density at radius 2 is 1.15 bits per heavy atom. The van der Waals surface area contributed by atoms with Gasteiger partial charge in [0.2, 0.25) is 0 Å². The average molecular weight is 697 g/mol. The highest BCUT2D eigenvalue weighted by Gasteiger charge is 2.18. The summed E-state index contributed by atoms with van der Waals surface area (Å²) < 4.78 is 11.4. The number of esters is 2. The zero-order chi connectivity index (χ0) is 35.5. The Kier molecular flexibility index (Phi) is 34.2. The molecular formula is C40H76N2O5S. The highest BCUT2D eigenvalue weighted by atomic mass is 32.2. The van der Waals surface area contributed by atoms with Crippen LogP contribution in [0.15, 0.2) is 12.2 Å². The van der Waals surface area contributed by atoms with E-state index in [1.807, 2.05) is 11.0 Å². The minimum Gasteiger partial charge on any atom is -0.462 e. The van der Waals surface area contributed by atoms with E-state index in [0.29, 0.717) is 39.0 Å². The van der Waals surface area contributed by atoms with Crippen LogP contribution in [0.4, 0.5) is 4.79 Å². The second-order valence-corrected chi connectivity index (χ2v) is 14.3. The summed E-state index contributed by atoms with van der Waals surface area (Å²) in [4.78, 5) is 42.6. The third-order valence-corrected chi connectivity index (χ3v) is 9.90. The molecule has 0 saturated carbocycles. The normalized spacial score (nSPS) is 11.6. The van der Waals surface area contributed by atoms with E-state index in [1.165, 1.54) is 88.8 Å². The van der Waals surface area contributed by atoms with E-state index in [1.54, 1.807) is 0 Å². The third-order valence-electron chi connectivity index (χ3n) is 8.90. The van der Waals surface area contributed by atoms with Crippen molar-refractivity contribution in [2.75, 3.05) is 45.1 Å². The topological polar surface area (TPSA) is 76.1 Å². The summed E-state index contributed by atoms with van der Waals surface area (Å²) >= 11 is 1.35. The monoisotopic (exact) mass is 697 g/mol. The van der Waals surface area contributed by atoms with Crippen LogP contribution in [-0.2, 0) is 19.1 Å². The SMILES string of the molecule is CCCCCC/C=C\COC(=O)CCCN(CCCC(=O)OC(CCCCCCC)CCCCCCC)C(=O)SCCCN(CC)CC. The lowest BCUT2D eigenvalue weighted by Crippen LogP contribution is -2.31. The molecule has 282 valence electrons. The van der Waals surface area contributed by atoms with E-state index in [4.69, 9.17) is 9.47 Å². The standard InChI is InChI=1S/C40H76N2O5S/c1-6-11-14-17-18-21-24-35-46-38(43)30-25-33-42(40(45)48-36-27-32-41(9-4)10-5)34-26-31-39(44)47-37(28-22-19-15-12-7-2)29-23-20-16-13-8-3/h21,24,37H,6-20,22-23,25-36H2,1-5H3/b24-21-. The lowest BCUT2D eigenvalue weighted by Gasteiger charge is -2.23. The molecule has 0 fully saturated rings. The van der Waals surface area contributed by atoms with Gasteiger partial charge in [-0.3, -0.25) is 14.4 Å². The molecule has 0 N–H and O–H groups in total. The zero-order valence-electron chi connectivity index (χ0n) is 32.1. The molecule has 0 heterocycles. The molecule has 0 aliphatic heterocycles. The van der Waals surface area contributed by atoms with E-state index < -0.39 is 0 Å². The van der Waals surface area contributed by atoms with Crippen LogP contribution in [0.5, 0.6) is 0 Å². The van der Waals surface area contributed by atoms with Gasteiger partial charge in [0, 0.05) is 31.7 Å². The lowest BCUT2D eigenvalue weighted by atomic mass is 10.0. The van der Waals surface area contributed by atoms with Gasteiger partial charge in [0.1, 0.15) is 12.7 Å². The number of allylic oxidation sites excluding steroid dienone is 1. The third kappa shape index (κ3) is 29.4. The second kappa shape index (κ2) is 35.3. The Hall–Kier alpha value is -1.54. The number of thioether (sulfide) groups is 1. The summed E-state index contributed by atoms with van der Waals surface area (Å²) in [7, 11) is 0. The van der Waals surface area contributed by atoms with Crippen LogP contribution >= 0.6 is 11.8 Å². The maximum atomic E-state index is 13.2. The molecule has 48 heavy (non-hydrogen) atoms. The average Bonchev–Trinajstić information content (AvgIpc) is 3.08. The number of unbranched alkanes of at least 4 members (excludes halogenated alkanes) is 12. The first-order valence-electron chi connectivity index (χ1n) is 20.1. The fraction of sp³-hybridized carbons (Fsp3) is 0.875. The van der Waals surface area contributed by atoms with E-state index in [2.05, 4.69) is 45.6 Å². The fourth-order valence-corrected chi connectivity index (χ4v) is 6.56. The summed E-state index contributed by atoms with van der Waals surface area (Å²) in [6.45, 7) is 15.3. The second-order valence-electron chi connectivity index (χ2n) is 13.2. The number of nitrogens with zero attached hydrogens (tertiary/aromatic N) is 2. The van der Waals surface area contributed by atoms with Gasteiger partial charge in [0.05, 0.1) is 0 Å². The molecule has 0 spiro atoms. The molecule has 0 radical (unpaired) electrons. The molecular weight excluding hydrogens is 621 g/mol. The van der Waals surface area contributed by atoms with Crippen LogP contribution in [0.1, 0.15) is 176 Å². The number of carbonyl (C=O) groups is 3. The fourth-order valence-electron chi connectivity index (χ4n) is 5.75. The van der Waals surface area contributed by atoms with Crippen molar-refractivity contribution in [1.29, 1.82) is 0 Å². The quantitative estimate of drug-likeness (QED) is 0.0376. The van der Waals surface area contributed by atoms with Gasteiger partial charge < -0.3 is 19.3 Å². The highest BCUT2D eigenvalue weighted by molar-refractivity contribution is 8.13. The number of ether oxygens (including phenoxy) is 2. The van der Waals surface area contributed by atoms with Crippen LogP contribution in [0.25, 0.3) is 0 Å². The van der Waals surface area contributed by atoms with E-state index in [-0.39, 0.29) is 29.7 Å². The molecule has 7 nitrogen and oxygen atoms in total. The van der Waals surface area contributed by atoms with Crippen molar-refractivity contribution in [3.8, 4) is 0 Å². The molecule has 0 rings (SSSR count). The number of hydrogen-bond donors (Lipinski definition) is 0. The van der Waals surface area contributed by atoms with Crippen LogP contribution in [-0.4, -0.2) is 78.2 Å². The largest absolute Gasteiger partial charge is 0.462 e. The van der Waals surface area contributed by atoms with E-state index in [0.717, 1.165) is 63.9 Å². The lowest BCUT2D eigenvalue weighted by molar-refractivity contribution is -0.150. The summed E-state index contributed by atoms with van der Waals surface area (Å²) in [6, 6.07) is 0.